The van der Waals surface area contributed by atoms with Crippen molar-refractivity contribution >= 4 is 21.6 Å². The molecule has 2 aromatic heterocycles. The zero-order chi connectivity index (χ0) is 18.7. The fourth-order valence-electron chi connectivity index (χ4n) is 3.66. The number of aryl methyl sites for hydroxylation is 2. The molecule has 7 heteroatoms. The Bertz CT molecular complexity index is 799. The lowest BCUT2D eigenvalue weighted by molar-refractivity contribution is 0.0170. The number of aromatic amines is 1. The predicted octanol–water partition coefficient (Wildman–Crippen LogP) is 2.33. The van der Waals surface area contributed by atoms with Gasteiger partial charge in [0.1, 0.15) is 10.7 Å². The highest BCUT2D eigenvalue weighted by atomic mass is 32.1. The van der Waals surface area contributed by atoms with Gasteiger partial charge in [-0.3, -0.25) is 9.69 Å². The molecule has 0 aliphatic heterocycles. The molecule has 1 aliphatic rings. The Morgan fingerprint density at radius 2 is 2.15 bits per heavy atom. The molecule has 0 radical (unpaired) electrons. The Balaban J connectivity index is 1.78. The highest BCUT2D eigenvalue weighted by Crippen LogP contribution is 2.34. The highest BCUT2D eigenvalue weighted by Gasteiger charge is 2.22. The van der Waals surface area contributed by atoms with E-state index < -0.39 is 6.10 Å². The van der Waals surface area contributed by atoms with Gasteiger partial charge in [-0.25, -0.2) is 4.98 Å². The van der Waals surface area contributed by atoms with Gasteiger partial charge in [0, 0.05) is 24.6 Å². The van der Waals surface area contributed by atoms with Crippen LogP contribution >= 0.6 is 11.3 Å². The van der Waals surface area contributed by atoms with Crippen molar-refractivity contribution in [3.8, 4) is 0 Å². The lowest BCUT2D eigenvalue weighted by Gasteiger charge is -2.26. The molecule has 0 amide bonds. The van der Waals surface area contributed by atoms with Crippen molar-refractivity contribution in [3.05, 3.63) is 26.6 Å². The van der Waals surface area contributed by atoms with E-state index in [2.05, 4.69) is 23.7 Å². The van der Waals surface area contributed by atoms with Crippen molar-refractivity contribution in [2.45, 2.75) is 52.7 Å². The Hall–Kier alpha value is -1.28. The Labute approximate surface area is 158 Å². The van der Waals surface area contributed by atoms with Gasteiger partial charge < -0.3 is 14.8 Å². The normalized spacial score (nSPS) is 15.3. The first-order valence-corrected chi connectivity index (χ1v) is 10.3. The van der Waals surface area contributed by atoms with E-state index in [0.717, 1.165) is 36.0 Å². The van der Waals surface area contributed by atoms with E-state index in [1.165, 1.54) is 10.4 Å². The molecule has 0 fully saturated rings. The third kappa shape index (κ3) is 4.52. The second kappa shape index (κ2) is 8.61. The van der Waals surface area contributed by atoms with E-state index in [1.54, 1.807) is 11.3 Å². The van der Waals surface area contributed by atoms with Crippen molar-refractivity contribution in [3.63, 3.8) is 0 Å². The summed E-state index contributed by atoms with van der Waals surface area (Å²) in [7, 11) is 0. The second-order valence-electron chi connectivity index (χ2n) is 7.45. The zero-order valence-corrected chi connectivity index (χ0v) is 16.7. The van der Waals surface area contributed by atoms with Gasteiger partial charge in [-0.15, -0.1) is 11.3 Å². The van der Waals surface area contributed by atoms with E-state index >= 15 is 0 Å². The van der Waals surface area contributed by atoms with Crippen molar-refractivity contribution in [2.75, 3.05) is 26.3 Å². The molecule has 1 aliphatic carbocycles. The predicted molar refractivity (Wildman–Crippen MR) is 105 cm³/mol. The Kier molecular flexibility index (Phi) is 6.45. The molecule has 0 saturated heterocycles. The number of ether oxygens (including phenoxy) is 1. The van der Waals surface area contributed by atoms with Gasteiger partial charge in [0.05, 0.1) is 24.6 Å². The van der Waals surface area contributed by atoms with E-state index in [4.69, 9.17) is 9.72 Å². The van der Waals surface area contributed by atoms with Gasteiger partial charge in [0.15, 0.2) is 0 Å². The second-order valence-corrected chi connectivity index (χ2v) is 8.53. The van der Waals surface area contributed by atoms with Gasteiger partial charge in [-0.2, -0.15) is 0 Å². The summed E-state index contributed by atoms with van der Waals surface area (Å²) in [6.45, 7) is 8.97. The summed E-state index contributed by atoms with van der Waals surface area (Å²) >= 11 is 1.66. The van der Waals surface area contributed by atoms with E-state index in [1.807, 2.05) is 6.92 Å². The molecule has 2 N–H and O–H groups in total. The van der Waals surface area contributed by atoms with E-state index in [9.17, 15) is 9.90 Å². The lowest BCUT2D eigenvalue weighted by Crippen LogP contribution is -2.37. The molecule has 0 spiro atoms. The van der Waals surface area contributed by atoms with Crippen LogP contribution in [0.5, 0.6) is 0 Å². The average molecular weight is 380 g/mol. The number of hydrogen-bond donors (Lipinski definition) is 2. The van der Waals surface area contributed by atoms with Crippen LogP contribution in [0.25, 0.3) is 10.2 Å². The first kappa shape index (κ1) is 19.5. The zero-order valence-electron chi connectivity index (χ0n) is 15.9. The van der Waals surface area contributed by atoms with Gasteiger partial charge >= 0.3 is 0 Å². The molecule has 1 unspecified atom stereocenters. The molecule has 2 aromatic rings. The van der Waals surface area contributed by atoms with Crippen molar-refractivity contribution in [1.82, 2.24) is 14.9 Å². The number of aliphatic hydroxyl groups is 1. The number of fused-ring (bicyclic) bond motifs is 3. The highest BCUT2D eigenvalue weighted by molar-refractivity contribution is 7.18. The minimum atomic E-state index is -0.547. The molecular weight excluding hydrogens is 350 g/mol. The topological polar surface area (TPSA) is 78.5 Å². The van der Waals surface area contributed by atoms with Crippen LogP contribution in [0.1, 0.15) is 43.5 Å². The maximum Gasteiger partial charge on any atom is 0.259 e. The van der Waals surface area contributed by atoms with Crippen LogP contribution in [0.4, 0.5) is 0 Å². The summed E-state index contributed by atoms with van der Waals surface area (Å²) in [4.78, 5) is 24.6. The largest absolute Gasteiger partial charge is 0.389 e. The summed E-state index contributed by atoms with van der Waals surface area (Å²) < 4.78 is 5.31. The third-order valence-corrected chi connectivity index (χ3v) is 5.79. The molecular formula is C19H29N3O3S. The van der Waals surface area contributed by atoms with Gasteiger partial charge in [-0.1, -0.05) is 13.8 Å². The smallest absolute Gasteiger partial charge is 0.259 e. The molecule has 6 nitrogen and oxygen atoms in total. The standard InChI is InChI=1S/C19H29N3O3S/c1-4-25-11-13(23)9-22(8-12(2)3)10-16-20-18(24)17-14-6-5-7-15(14)26-19(17)21-16/h12-13,23H,4-11H2,1-3H3,(H,20,21,24). The van der Waals surface area contributed by atoms with Gasteiger partial charge in [-0.05, 0) is 37.7 Å². The van der Waals surface area contributed by atoms with Gasteiger partial charge in [0.2, 0.25) is 0 Å². The first-order chi connectivity index (χ1) is 12.5. The molecule has 26 heavy (non-hydrogen) atoms. The van der Waals surface area contributed by atoms with Crippen molar-refractivity contribution in [1.29, 1.82) is 0 Å². The molecule has 144 valence electrons. The minimum absolute atomic E-state index is 0.0243. The summed E-state index contributed by atoms with van der Waals surface area (Å²) in [5, 5.41) is 11.0. The number of rotatable bonds is 9. The number of aliphatic hydroxyl groups excluding tert-OH is 1. The SMILES string of the molecule is CCOCC(O)CN(Cc1nc2sc3c(c2c(=O)[nH]1)CCC3)CC(C)C. The number of nitrogens with one attached hydrogen (secondary N) is 1. The molecule has 2 heterocycles. The molecule has 0 bridgehead atoms. The van der Waals surface area contributed by atoms with E-state index in [0.29, 0.717) is 38.0 Å². The maximum atomic E-state index is 12.6. The maximum absolute atomic E-state index is 12.6. The van der Waals surface area contributed by atoms with Crippen molar-refractivity contribution < 1.29 is 9.84 Å². The van der Waals surface area contributed by atoms with Gasteiger partial charge in [0.25, 0.3) is 5.56 Å². The monoisotopic (exact) mass is 379 g/mol. The summed E-state index contributed by atoms with van der Waals surface area (Å²) in [5.41, 5.74) is 1.18. The Morgan fingerprint density at radius 3 is 2.88 bits per heavy atom. The van der Waals surface area contributed by atoms with Crippen LogP contribution in [0.3, 0.4) is 0 Å². The fraction of sp³-hybridized carbons (Fsp3) is 0.684. The minimum Gasteiger partial charge on any atom is -0.389 e. The van der Waals surface area contributed by atoms with Crippen LogP contribution in [-0.2, 0) is 24.1 Å². The Morgan fingerprint density at radius 1 is 1.35 bits per heavy atom. The van der Waals surface area contributed by atoms with Crippen LogP contribution in [0, 0.1) is 5.92 Å². The summed E-state index contributed by atoms with van der Waals surface area (Å²) in [6, 6.07) is 0. The van der Waals surface area contributed by atoms with Crippen LogP contribution in [-0.4, -0.2) is 52.4 Å². The fourth-order valence-corrected chi connectivity index (χ4v) is 4.94. The van der Waals surface area contributed by atoms with Crippen LogP contribution in [0.15, 0.2) is 4.79 Å². The lowest BCUT2D eigenvalue weighted by atomic mass is 10.2. The number of aromatic nitrogens is 2. The molecule has 0 aromatic carbocycles. The number of H-pyrrole nitrogens is 1. The number of thiophene rings is 1. The quantitative estimate of drug-likeness (QED) is 0.699. The average Bonchev–Trinajstić information content (AvgIpc) is 3.12. The number of nitrogens with zero attached hydrogens (tertiary/aromatic N) is 2. The summed E-state index contributed by atoms with van der Waals surface area (Å²) in [5.74, 6) is 1.13. The summed E-state index contributed by atoms with van der Waals surface area (Å²) in [6.07, 6.45) is 2.64. The van der Waals surface area contributed by atoms with Crippen molar-refractivity contribution in [2.24, 2.45) is 5.92 Å². The molecule has 0 saturated carbocycles. The molecule has 3 rings (SSSR count). The number of hydrogen-bond acceptors (Lipinski definition) is 6. The first-order valence-electron chi connectivity index (χ1n) is 9.49. The van der Waals surface area contributed by atoms with E-state index in [-0.39, 0.29) is 5.56 Å². The van der Waals surface area contributed by atoms with Crippen LogP contribution in [0.2, 0.25) is 0 Å². The molecule has 1 atom stereocenters. The van der Waals surface area contributed by atoms with Crippen LogP contribution < -0.4 is 5.56 Å². The third-order valence-electron chi connectivity index (χ3n) is 4.60.